The highest BCUT2D eigenvalue weighted by Crippen LogP contribution is 1.89. The number of carbonyl (C=O) groups is 1. The van der Waals surface area contributed by atoms with Gasteiger partial charge in [-0.15, -0.1) is 0 Å². The summed E-state index contributed by atoms with van der Waals surface area (Å²) in [5, 5.41) is 12.3. The molecule has 0 bridgehead atoms. The Kier molecular flexibility index (Phi) is 5.39. The topological polar surface area (TPSA) is 79.9 Å². The summed E-state index contributed by atoms with van der Waals surface area (Å²) >= 11 is 0. The first-order valence-corrected chi connectivity index (χ1v) is 5.06. The lowest BCUT2D eigenvalue weighted by molar-refractivity contribution is 0.0936. The lowest BCUT2D eigenvalue weighted by Crippen LogP contribution is -2.25. The Bertz CT molecular complexity index is 274. The highest BCUT2D eigenvalue weighted by atomic mass is 16.5. The van der Waals surface area contributed by atoms with Crippen molar-refractivity contribution in [2.24, 2.45) is 0 Å². The van der Waals surface area contributed by atoms with Gasteiger partial charge in [-0.05, 0) is 12.8 Å². The number of amides is 1. The fraction of sp³-hybridized carbons (Fsp3) is 0.667. The summed E-state index contributed by atoms with van der Waals surface area (Å²) in [5.74, 6) is -0.209. The summed E-state index contributed by atoms with van der Waals surface area (Å²) in [5.41, 5.74) is 0.310. The van der Waals surface area contributed by atoms with Crippen LogP contribution in [0.2, 0.25) is 0 Å². The summed E-state index contributed by atoms with van der Waals surface area (Å²) in [6, 6.07) is 0. The second kappa shape index (κ2) is 6.94. The number of aromatic amines is 1. The molecule has 1 rings (SSSR count). The minimum atomic E-state index is -0.209. The minimum absolute atomic E-state index is 0.209. The molecule has 0 aliphatic heterocycles. The summed E-state index contributed by atoms with van der Waals surface area (Å²) in [7, 11) is 0. The first-order valence-electron chi connectivity index (χ1n) is 5.06. The van der Waals surface area contributed by atoms with Crippen molar-refractivity contribution in [3.05, 3.63) is 11.9 Å². The molecule has 0 aromatic carbocycles. The monoisotopic (exact) mass is 212 g/mol. The molecule has 1 aromatic heterocycles. The van der Waals surface area contributed by atoms with Crippen molar-refractivity contribution in [2.45, 2.75) is 19.8 Å². The maximum absolute atomic E-state index is 11.3. The van der Waals surface area contributed by atoms with E-state index in [-0.39, 0.29) is 5.91 Å². The number of rotatable bonds is 7. The minimum Gasteiger partial charge on any atom is -0.381 e. The molecular weight excluding hydrogens is 196 g/mol. The Morgan fingerprint density at radius 1 is 1.60 bits per heavy atom. The summed E-state index contributed by atoms with van der Waals surface area (Å²) in [4.78, 5) is 11.3. The van der Waals surface area contributed by atoms with E-state index in [1.54, 1.807) is 0 Å². The van der Waals surface area contributed by atoms with E-state index in [1.807, 2.05) is 0 Å². The molecule has 0 unspecified atom stereocenters. The molecule has 0 aliphatic rings. The van der Waals surface area contributed by atoms with E-state index in [0.717, 1.165) is 19.4 Å². The highest BCUT2D eigenvalue weighted by molar-refractivity contribution is 5.91. The first-order chi connectivity index (χ1) is 7.34. The second-order valence-corrected chi connectivity index (χ2v) is 3.08. The van der Waals surface area contributed by atoms with Gasteiger partial charge >= 0.3 is 0 Å². The van der Waals surface area contributed by atoms with E-state index >= 15 is 0 Å². The second-order valence-electron chi connectivity index (χ2n) is 3.08. The summed E-state index contributed by atoms with van der Waals surface area (Å²) in [6.07, 6.45) is 3.22. The predicted octanol–water partition coefficient (Wildman–Crippen LogP) is 0.351. The molecule has 1 amide bonds. The zero-order valence-electron chi connectivity index (χ0n) is 8.82. The normalized spacial score (nSPS) is 10.2. The number of carbonyl (C=O) groups excluding carboxylic acids is 1. The fourth-order valence-electron chi connectivity index (χ4n) is 1.02. The molecule has 1 heterocycles. The van der Waals surface area contributed by atoms with Crippen LogP contribution in [0.3, 0.4) is 0 Å². The van der Waals surface area contributed by atoms with Gasteiger partial charge in [-0.1, -0.05) is 6.92 Å². The lowest BCUT2D eigenvalue weighted by Gasteiger charge is -2.03. The van der Waals surface area contributed by atoms with Gasteiger partial charge in [-0.2, -0.15) is 15.4 Å². The Morgan fingerprint density at radius 2 is 2.47 bits per heavy atom. The van der Waals surface area contributed by atoms with Crippen LogP contribution < -0.4 is 5.32 Å². The summed E-state index contributed by atoms with van der Waals surface area (Å²) < 4.78 is 5.27. The summed E-state index contributed by atoms with van der Waals surface area (Å²) in [6.45, 7) is 4.10. The van der Waals surface area contributed by atoms with Gasteiger partial charge in [0, 0.05) is 19.8 Å². The molecule has 1 aromatic rings. The molecule has 0 saturated heterocycles. The highest BCUT2D eigenvalue weighted by Gasteiger charge is 2.06. The van der Waals surface area contributed by atoms with Gasteiger partial charge in [0.05, 0.1) is 6.20 Å². The smallest absolute Gasteiger partial charge is 0.273 e. The third-order valence-electron chi connectivity index (χ3n) is 1.75. The molecule has 6 heteroatoms. The SMILES string of the molecule is CCCOCCCNC(=O)c1cn[nH]n1. The third-order valence-corrected chi connectivity index (χ3v) is 1.75. The Balaban J connectivity index is 2.03. The standard InChI is InChI=1S/C9H16N4O2/c1-2-5-15-6-3-4-10-9(14)8-7-11-13-12-8/h7H,2-6H2,1H3,(H,10,14)(H,11,12,13). The van der Waals surface area contributed by atoms with Crippen molar-refractivity contribution in [1.29, 1.82) is 0 Å². The number of nitrogens with zero attached hydrogens (tertiary/aromatic N) is 2. The number of aromatic nitrogens is 3. The van der Waals surface area contributed by atoms with E-state index in [9.17, 15) is 4.79 Å². The Labute approximate surface area is 88.4 Å². The van der Waals surface area contributed by atoms with Gasteiger partial charge in [-0.3, -0.25) is 4.79 Å². The van der Waals surface area contributed by atoms with Crippen LogP contribution in [0.25, 0.3) is 0 Å². The van der Waals surface area contributed by atoms with Crippen LogP contribution in [0.15, 0.2) is 6.20 Å². The molecule has 84 valence electrons. The molecule has 0 spiro atoms. The van der Waals surface area contributed by atoms with E-state index in [4.69, 9.17) is 4.74 Å². The maximum atomic E-state index is 11.3. The predicted molar refractivity (Wildman–Crippen MR) is 54.4 cm³/mol. The molecule has 0 aliphatic carbocycles. The van der Waals surface area contributed by atoms with Gasteiger partial charge in [0.25, 0.3) is 5.91 Å². The zero-order chi connectivity index (χ0) is 10.9. The molecule has 0 saturated carbocycles. The van der Waals surface area contributed by atoms with Gasteiger partial charge in [0.1, 0.15) is 0 Å². The molecular formula is C9H16N4O2. The van der Waals surface area contributed by atoms with Crippen LogP contribution >= 0.6 is 0 Å². The quantitative estimate of drug-likeness (QED) is 0.639. The number of nitrogens with one attached hydrogen (secondary N) is 2. The average Bonchev–Trinajstić information content (AvgIpc) is 2.76. The first kappa shape index (κ1) is 11.6. The van der Waals surface area contributed by atoms with Crippen LogP contribution in [0, 0.1) is 0 Å². The molecule has 2 N–H and O–H groups in total. The van der Waals surface area contributed by atoms with Crippen molar-refractivity contribution < 1.29 is 9.53 Å². The van der Waals surface area contributed by atoms with Crippen LogP contribution in [-0.2, 0) is 4.74 Å². The van der Waals surface area contributed by atoms with Crippen LogP contribution in [0.4, 0.5) is 0 Å². The molecule has 0 radical (unpaired) electrons. The Morgan fingerprint density at radius 3 is 3.13 bits per heavy atom. The maximum Gasteiger partial charge on any atom is 0.273 e. The van der Waals surface area contributed by atoms with Crippen molar-refractivity contribution >= 4 is 5.91 Å². The molecule has 0 fully saturated rings. The van der Waals surface area contributed by atoms with Gasteiger partial charge in [0.15, 0.2) is 5.69 Å². The van der Waals surface area contributed by atoms with Gasteiger partial charge in [0.2, 0.25) is 0 Å². The lowest BCUT2D eigenvalue weighted by atomic mass is 10.4. The van der Waals surface area contributed by atoms with Crippen LogP contribution in [-0.4, -0.2) is 41.1 Å². The van der Waals surface area contributed by atoms with E-state index in [2.05, 4.69) is 27.7 Å². The zero-order valence-corrected chi connectivity index (χ0v) is 8.82. The van der Waals surface area contributed by atoms with Crippen molar-refractivity contribution in [3.8, 4) is 0 Å². The number of hydrogen-bond acceptors (Lipinski definition) is 4. The third kappa shape index (κ3) is 4.55. The molecule has 6 nitrogen and oxygen atoms in total. The van der Waals surface area contributed by atoms with Crippen molar-refractivity contribution in [2.75, 3.05) is 19.8 Å². The number of H-pyrrole nitrogens is 1. The van der Waals surface area contributed by atoms with E-state index in [0.29, 0.717) is 18.8 Å². The van der Waals surface area contributed by atoms with Gasteiger partial charge in [-0.25, -0.2) is 0 Å². The van der Waals surface area contributed by atoms with Crippen molar-refractivity contribution in [3.63, 3.8) is 0 Å². The average molecular weight is 212 g/mol. The van der Waals surface area contributed by atoms with Gasteiger partial charge < -0.3 is 10.1 Å². The van der Waals surface area contributed by atoms with Crippen LogP contribution in [0.1, 0.15) is 30.3 Å². The van der Waals surface area contributed by atoms with E-state index < -0.39 is 0 Å². The number of hydrogen-bond donors (Lipinski definition) is 2. The fourth-order valence-corrected chi connectivity index (χ4v) is 1.02. The molecule has 15 heavy (non-hydrogen) atoms. The van der Waals surface area contributed by atoms with Crippen molar-refractivity contribution in [1.82, 2.24) is 20.7 Å². The van der Waals surface area contributed by atoms with E-state index in [1.165, 1.54) is 6.20 Å². The largest absolute Gasteiger partial charge is 0.381 e. The van der Waals surface area contributed by atoms with Crippen LogP contribution in [0.5, 0.6) is 0 Å². The number of ether oxygens (including phenoxy) is 1. The molecule has 0 atom stereocenters. The Hall–Kier alpha value is -1.43.